The summed E-state index contributed by atoms with van der Waals surface area (Å²) in [6, 6.07) is 1.48. The minimum Gasteiger partial charge on any atom is -0.448 e. The predicted octanol–water partition coefficient (Wildman–Crippen LogP) is 1.48. The molecule has 1 N–H and O–H groups in total. The van der Waals surface area contributed by atoms with E-state index in [0.717, 1.165) is 25.7 Å². The third kappa shape index (κ3) is 3.97. The molecular formula is C16H21NO5S2. The summed E-state index contributed by atoms with van der Waals surface area (Å²) in [5.74, 6) is -0.896. The van der Waals surface area contributed by atoms with Gasteiger partial charge < -0.3 is 10.1 Å². The van der Waals surface area contributed by atoms with Crippen molar-refractivity contribution in [2.24, 2.45) is 0 Å². The Morgan fingerprint density at radius 2 is 2.08 bits per heavy atom. The van der Waals surface area contributed by atoms with E-state index in [0.29, 0.717) is 11.3 Å². The first-order valence-electron chi connectivity index (χ1n) is 8.17. The van der Waals surface area contributed by atoms with Gasteiger partial charge in [-0.05, 0) is 50.7 Å². The number of hydrogen-bond acceptors (Lipinski definition) is 6. The SMILES string of the molecule is C[C@@H](OC(=O)c1cc2c(s1)CCCC2)C(=O)N[C@H]1CCS(=O)(=O)C1. The number of thiophene rings is 1. The van der Waals surface area contributed by atoms with Gasteiger partial charge in [0.1, 0.15) is 4.88 Å². The largest absolute Gasteiger partial charge is 0.448 e. The normalized spacial score (nSPS) is 23.3. The number of esters is 1. The number of hydrogen-bond donors (Lipinski definition) is 1. The molecule has 1 aliphatic carbocycles. The van der Waals surface area contributed by atoms with Crippen LogP contribution in [0.3, 0.4) is 0 Å². The molecule has 1 saturated heterocycles. The van der Waals surface area contributed by atoms with Crippen LogP contribution in [0.1, 0.15) is 46.3 Å². The van der Waals surface area contributed by atoms with Crippen LogP contribution in [0.2, 0.25) is 0 Å². The Kier molecular flexibility index (Phi) is 4.96. The number of fused-ring (bicyclic) bond motifs is 1. The maximum absolute atomic E-state index is 12.2. The summed E-state index contributed by atoms with van der Waals surface area (Å²) < 4.78 is 28.1. The van der Waals surface area contributed by atoms with Gasteiger partial charge in [-0.3, -0.25) is 4.79 Å². The van der Waals surface area contributed by atoms with E-state index in [1.165, 1.54) is 28.7 Å². The molecule has 0 spiro atoms. The maximum atomic E-state index is 12.2. The van der Waals surface area contributed by atoms with Crippen molar-refractivity contribution in [1.29, 1.82) is 0 Å². The molecule has 0 unspecified atom stereocenters. The van der Waals surface area contributed by atoms with Crippen LogP contribution in [0.25, 0.3) is 0 Å². The fourth-order valence-electron chi connectivity index (χ4n) is 3.09. The molecule has 6 nitrogen and oxygen atoms in total. The van der Waals surface area contributed by atoms with Crippen molar-refractivity contribution in [3.05, 3.63) is 21.4 Å². The fraction of sp³-hybridized carbons (Fsp3) is 0.625. The quantitative estimate of drug-likeness (QED) is 0.810. The molecule has 3 rings (SSSR count). The van der Waals surface area contributed by atoms with Gasteiger partial charge in [-0.25, -0.2) is 13.2 Å². The Balaban J connectivity index is 1.55. The van der Waals surface area contributed by atoms with Gasteiger partial charge in [-0.1, -0.05) is 0 Å². The van der Waals surface area contributed by atoms with Crippen molar-refractivity contribution in [2.75, 3.05) is 11.5 Å². The molecule has 1 aliphatic heterocycles. The van der Waals surface area contributed by atoms with Gasteiger partial charge in [-0.15, -0.1) is 11.3 Å². The van der Waals surface area contributed by atoms with E-state index in [4.69, 9.17) is 4.74 Å². The predicted molar refractivity (Wildman–Crippen MR) is 91.0 cm³/mol. The van der Waals surface area contributed by atoms with E-state index in [1.807, 2.05) is 6.07 Å². The van der Waals surface area contributed by atoms with Crippen molar-refractivity contribution in [2.45, 2.75) is 51.2 Å². The molecule has 0 bridgehead atoms. The van der Waals surface area contributed by atoms with Crippen molar-refractivity contribution in [3.8, 4) is 0 Å². The van der Waals surface area contributed by atoms with Crippen LogP contribution in [0, 0.1) is 0 Å². The third-order valence-electron chi connectivity index (χ3n) is 4.43. The monoisotopic (exact) mass is 371 g/mol. The summed E-state index contributed by atoms with van der Waals surface area (Å²) >= 11 is 1.44. The molecule has 2 aliphatic rings. The highest BCUT2D eigenvalue weighted by Crippen LogP contribution is 2.30. The smallest absolute Gasteiger partial charge is 0.349 e. The summed E-state index contributed by atoms with van der Waals surface area (Å²) in [4.78, 5) is 26.1. The van der Waals surface area contributed by atoms with Gasteiger partial charge in [-0.2, -0.15) is 0 Å². The van der Waals surface area contributed by atoms with Gasteiger partial charge >= 0.3 is 5.97 Å². The van der Waals surface area contributed by atoms with Crippen LogP contribution >= 0.6 is 11.3 Å². The lowest BCUT2D eigenvalue weighted by Gasteiger charge is -2.16. The highest BCUT2D eigenvalue weighted by atomic mass is 32.2. The van der Waals surface area contributed by atoms with Crippen LogP contribution < -0.4 is 5.32 Å². The number of amides is 1. The highest BCUT2D eigenvalue weighted by Gasteiger charge is 2.31. The average molecular weight is 371 g/mol. The zero-order chi connectivity index (χ0) is 17.3. The van der Waals surface area contributed by atoms with Crippen molar-refractivity contribution in [3.63, 3.8) is 0 Å². The second-order valence-electron chi connectivity index (χ2n) is 6.42. The Hall–Kier alpha value is -1.41. The van der Waals surface area contributed by atoms with E-state index >= 15 is 0 Å². The van der Waals surface area contributed by atoms with Crippen LogP contribution in [0.5, 0.6) is 0 Å². The first kappa shape index (κ1) is 17.4. The van der Waals surface area contributed by atoms with Crippen molar-refractivity contribution >= 4 is 33.1 Å². The Morgan fingerprint density at radius 3 is 2.75 bits per heavy atom. The van der Waals surface area contributed by atoms with Gasteiger partial charge in [0.15, 0.2) is 15.9 Å². The van der Waals surface area contributed by atoms with Gasteiger partial charge in [0.25, 0.3) is 5.91 Å². The number of aryl methyl sites for hydroxylation is 2. The average Bonchev–Trinajstić information content (AvgIpc) is 3.10. The van der Waals surface area contributed by atoms with Gasteiger partial charge in [0.05, 0.1) is 11.5 Å². The molecule has 2 heterocycles. The van der Waals surface area contributed by atoms with E-state index in [-0.39, 0.29) is 11.5 Å². The molecule has 2 atom stereocenters. The number of carbonyl (C=O) groups excluding carboxylic acids is 2. The zero-order valence-corrected chi connectivity index (χ0v) is 15.2. The lowest BCUT2D eigenvalue weighted by molar-refractivity contribution is -0.129. The molecule has 0 aromatic carbocycles. The maximum Gasteiger partial charge on any atom is 0.349 e. The standard InChI is InChI=1S/C16H21NO5S2/c1-10(15(18)17-12-6-7-24(20,21)9-12)22-16(19)14-8-11-4-2-3-5-13(11)23-14/h8,10,12H,2-7,9H2,1H3,(H,17,18)/t10-,12+/m1/s1. The van der Waals surface area contributed by atoms with E-state index in [1.54, 1.807) is 0 Å². The first-order chi connectivity index (χ1) is 11.3. The van der Waals surface area contributed by atoms with Crippen LogP contribution in [0.15, 0.2) is 6.07 Å². The molecule has 0 radical (unpaired) electrons. The van der Waals surface area contributed by atoms with Crippen molar-refractivity contribution in [1.82, 2.24) is 5.32 Å². The van der Waals surface area contributed by atoms with Gasteiger partial charge in [0.2, 0.25) is 0 Å². The summed E-state index contributed by atoms with van der Waals surface area (Å²) in [6.07, 6.45) is 3.74. The molecule has 132 valence electrons. The molecular weight excluding hydrogens is 350 g/mol. The summed E-state index contributed by atoms with van der Waals surface area (Å²) in [5, 5.41) is 2.65. The number of nitrogens with one attached hydrogen (secondary N) is 1. The molecule has 1 fully saturated rings. The minimum atomic E-state index is -3.06. The Labute approximate surface area is 145 Å². The Bertz CT molecular complexity index is 729. The summed E-state index contributed by atoms with van der Waals surface area (Å²) in [5.41, 5.74) is 1.21. The molecule has 1 amide bonds. The van der Waals surface area contributed by atoms with E-state index < -0.39 is 33.9 Å². The number of sulfone groups is 1. The van der Waals surface area contributed by atoms with Crippen molar-refractivity contribution < 1.29 is 22.7 Å². The highest BCUT2D eigenvalue weighted by molar-refractivity contribution is 7.91. The number of carbonyl (C=O) groups is 2. The molecule has 1 aromatic rings. The Morgan fingerprint density at radius 1 is 1.33 bits per heavy atom. The van der Waals surface area contributed by atoms with Crippen LogP contribution in [-0.4, -0.2) is 43.9 Å². The lowest BCUT2D eigenvalue weighted by atomic mass is 9.99. The summed E-state index contributed by atoms with van der Waals surface area (Å²) in [6.45, 7) is 1.50. The van der Waals surface area contributed by atoms with Gasteiger partial charge in [0, 0.05) is 10.9 Å². The molecule has 24 heavy (non-hydrogen) atoms. The summed E-state index contributed by atoms with van der Waals surface area (Å²) in [7, 11) is -3.06. The topological polar surface area (TPSA) is 89.5 Å². The number of rotatable bonds is 4. The zero-order valence-electron chi connectivity index (χ0n) is 13.5. The van der Waals surface area contributed by atoms with E-state index in [9.17, 15) is 18.0 Å². The second kappa shape index (κ2) is 6.84. The molecule has 1 aromatic heterocycles. The second-order valence-corrected chi connectivity index (χ2v) is 9.79. The molecule has 0 saturated carbocycles. The fourth-order valence-corrected chi connectivity index (χ4v) is 5.90. The minimum absolute atomic E-state index is 0.0446. The van der Waals surface area contributed by atoms with E-state index in [2.05, 4.69) is 5.32 Å². The lowest BCUT2D eigenvalue weighted by Crippen LogP contribution is -2.42. The number of ether oxygens (including phenoxy) is 1. The third-order valence-corrected chi connectivity index (χ3v) is 7.41. The molecule has 8 heteroatoms. The van der Waals surface area contributed by atoms with Crippen LogP contribution in [0.4, 0.5) is 0 Å². The first-order valence-corrected chi connectivity index (χ1v) is 10.8. The van der Waals surface area contributed by atoms with Crippen LogP contribution in [-0.2, 0) is 32.2 Å².